The van der Waals surface area contributed by atoms with E-state index < -0.39 is 5.92 Å². The van der Waals surface area contributed by atoms with Crippen molar-refractivity contribution in [2.45, 2.75) is 26.1 Å². The summed E-state index contributed by atoms with van der Waals surface area (Å²) in [4.78, 5) is 14.1. The first-order valence-corrected chi connectivity index (χ1v) is 6.28. The standard InChI is InChI=1S/C12H23N3O4/c1-7(2)10(11(13)14-17)12(16)15-5-8(18-3)9(6-15)19-4/h7-10,17H,5-6H2,1-4H3,(H2,13,14). The fourth-order valence-corrected chi connectivity index (χ4v) is 2.39. The van der Waals surface area contributed by atoms with Crippen LogP contribution in [0.4, 0.5) is 0 Å². The van der Waals surface area contributed by atoms with Gasteiger partial charge in [-0.05, 0) is 5.92 Å². The number of hydrogen-bond acceptors (Lipinski definition) is 5. The number of nitrogens with two attached hydrogens (primary N) is 1. The van der Waals surface area contributed by atoms with Crippen LogP contribution >= 0.6 is 0 Å². The first-order chi connectivity index (χ1) is 8.96. The van der Waals surface area contributed by atoms with Crippen LogP contribution in [0.25, 0.3) is 0 Å². The van der Waals surface area contributed by atoms with E-state index in [-0.39, 0.29) is 29.9 Å². The molecule has 3 atom stereocenters. The third-order valence-electron chi connectivity index (χ3n) is 3.50. The van der Waals surface area contributed by atoms with Crippen molar-refractivity contribution >= 4 is 11.7 Å². The quantitative estimate of drug-likeness (QED) is 0.315. The molecule has 0 aromatic heterocycles. The molecule has 0 bridgehead atoms. The monoisotopic (exact) mass is 273 g/mol. The molecule has 3 unspecified atom stereocenters. The van der Waals surface area contributed by atoms with E-state index >= 15 is 0 Å². The number of amidine groups is 1. The molecule has 1 fully saturated rings. The molecule has 0 aliphatic carbocycles. The Morgan fingerprint density at radius 3 is 2.11 bits per heavy atom. The summed E-state index contributed by atoms with van der Waals surface area (Å²) in [5.41, 5.74) is 5.61. The molecule has 19 heavy (non-hydrogen) atoms. The predicted molar refractivity (Wildman–Crippen MR) is 69.9 cm³/mol. The highest BCUT2D eigenvalue weighted by atomic mass is 16.5. The Kier molecular flexibility index (Phi) is 5.56. The van der Waals surface area contributed by atoms with E-state index in [4.69, 9.17) is 20.4 Å². The molecule has 0 saturated carbocycles. The van der Waals surface area contributed by atoms with E-state index in [1.165, 1.54) is 0 Å². The van der Waals surface area contributed by atoms with E-state index in [2.05, 4.69) is 5.16 Å². The smallest absolute Gasteiger partial charge is 0.233 e. The summed E-state index contributed by atoms with van der Waals surface area (Å²) in [7, 11) is 3.18. The van der Waals surface area contributed by atoms with Crippen molar-refractivity contribution in [2.75, 3.05) is 27.3 Å². The van der Waals surface area contributed by atoms with Crippen LogP contribution in [-0.2, 0) is 14.3 Å². The second-order valence-electron chi connectivity index (χ2n) is 5.04. The van der Waals surface area contributed by atoms with Gasteiger partial charge in [-0.25, -0.2) is 0 Å². The molecule has 7 heteroatoms. The van der Waals surface area contributed by atoms with Crippen molar-refractivity contribution in [2.24, 2.45) is 22.7 Å². The van der Waals surface area contributed by atoms with Gasteiger partial charge in [0, 0.05) is 27.3 Å². The van der Waals surface area contributed by atoms with E-state index in [9.17, 15) is 4.79 Å². The van der Waals surface area contributed by atoms with Gasteiger partial charge in [0.15, 0.2) is 5.84 Å². The molecule has 0 radical (unpaired) electrons. The van der Waals surface area contributed by atoms with Gasteiger partial charge in [0.25, 0.3) is 0 Å². The van der Waals surface area contributed by atoms with Gasteiger partial charge in [0.05, 0.1) is 0 Å². The van der Waals surface area contributed by atoms with Crippen LogP contribution < -0.4 is 5.73 Å². The third kappa shape index (κ3) is 3.36. The second kappa shape index (κ2) is 6.72. The van der Waals surface area contributed by atoms with Crippen LogP contribution in [0.1, 0.15) is 13.8 Å². The van der Waals surface area contributed by atoms with Gasteiger partial charge in [-0.2, -0.15) is 0 Å². The molecule has 1 amide bonds. The summed E-state index contributed by atoms with van der Waals surface area (Å²) in [6, 6.07) is 0. The van der Waals surface area contributed by atoms with E-state index in [0.717, 1.165) is 0 Å². The average molecular weight is 273 g/mol. The van der Waals surface area contributed by atoms with Gasteiger partial charge in [-0.1, -0.05) is 19.0 Å². The Morgan fingerprint density at radius 1 is 1.32 bits per heavy atom. The molecule has 3 N–H and O–H groups in total. The van der Waals surface area contributed by atoms with Crippen LogP contribution in [0.2, 0.25) is 0 Å². The fraction of sp³-hybridized carbons (Fsp3) is 0.833. The molecule has 0 aromatic carbocycles. The van der Waals surface area contributed by atoms with E-state index in [1.807, 2.05) is 13.8 Å². The Bertz CT molecular complexity index is 334. The van der Waals surface area contributed by atoms with Gasteiger partial charge in [-0.3, -0.25) is 4.79 Å². The molecule has 0 aromatic rings. The predicted octanol–water partition coefficient (Wildman–Crippen LogP) is -0.123. The fourth-order valence-electron chi connectivity index (χ4n) is 2.39. The van der Waals surface area contributed by atoms with Crippen LogP contribution in [-0.4, -0.2) is 61.4 Å². The molecule has 110 valence electrons. The largest absolute Gasteiger partial charge is 0.409 e. The number of nitrogens with zero attached hydrogens (tertiary/aromatic N) is 2. The van der Waals surface area contributed by atoms with Crippen molar-refractivity contribution in [3.8, 4) is 0 Å². The Balaban J connectivity index is 2.82. The maximum absolute atomic E-state index is 12.5. The Morgan fingerprint density at radius 2 is 1.79 bits per heavy atom. The number of rotatable bonds is 5. The van der Waals surface area contributed by atoms with Gasteiger partial charge < -0.3 is 25.3 Å². The zero-order valence-electron chi connectivity index (χ0n) is 11.9. The minimum Gasteiger partial charge on any atom is -0.409 e. The molecular weight excluding hydrogens is 250 g/mol. The van der Waals surface area contributed by atoms with Crippen LogP contribution in [0.3, 0.4) is 0 Å². The van der Waals surface area contributed by atoms with Crippen molar-refractivity contribution in [3.05, 3.63) is 0 Å². The zero-order chi connectivity index (χ0) is 14.6. The van der Waals surface area contributed by atoms with Gasteiger partial charge in [-0.15, -0.1) is 0 Å². The molecule has 1 aliphatic heterocycles. The summed E-state index contributed by atoms with van der Waals surface area (Å²) in [5, 5.41) is 11.8. The van der Waals surface area contributed by atoms with Crippen molar-refractivity contribution in [1.82, 2.24) is 4.90 Å². The minimum absolute atomic E-state index is 0.0500. The SMILES string of the molecule is COC1CN(C(=O)C(C(N)=NO)C(C)C)CC1OC. The summed E-state index contributed by atoms with van der Waals surface area (Å²) in [6.45, 7) is 4.63. The van der Waals surface area contributed by atoms with Crippen LogP contribution in [0.5, 0.6) is 0 Å². The first kappa shape index (κ1) is 15.7. The van der Waals surface area contributed by atoms with Gasteiger partial charge in [0.1, 0.15) is 18.1 Å². The van der Waals surface area contributed by atoms with Gasteiger partial charge in [0.2, 0.25) is 5.91 Å². The number of hydrogen-bond donors (Lipinski definition) is 2. The molecular formula is C12H23N3O4. The maximum Gasteiger partial charge on any atom is 0.233 e. The van der Waals surface area contributed by atoms with Crippen molar-refractivity contribution < 1.29 is 19.5 Å². The van der Waals surface area contributed by atoms with Crippen LogP contribution in [0, 0.1) is 11.8 Å². The summed E-state index contributed by atoms with van der Waals surface area (Å²) in [5.74, 6) is -0.897. The molecule has 0 spiro atoms. The lowest BCUT2D eigenvalue weighted by atomic mass is 9.93. The van der Waals surface area contributed by atoms with Gasteiger partial charge >= 0.3 is 0 Å². The molecule has 1 aliphatic rings. The third-order valence-corrected chi connectivity index (χ3v) is 3.50. The highest BCUT2D eigenvalue weighted by Gasteiger charge is 2.39. The Labute approximate surface area is 113 Å². The van der Waals surface area contributed by atoms with E-state index in [1.54, 1.807) is 19.1 Å². The number of ether oxygens (including phenoxy) is 2. The second-order valence-corrected chi connectivity index (χ2v) is 5.04. The highest BCUT2D eigenvalue weighted by Crippen LogP contribution is 2.21. The number of methoxy groups -OCH3 is 2. The normalized spacial score (nSPS) is 25.9. The highest BCUT2D eigenvalue weighted by molar-refractivity contribution is 6.02. The maximum atomic E-state index is 12.5. The number of likely N-dealkylation sites (tertiary alicyclic amines) is 1. The number of oxime groups is 1. The zero-order valence-corrected chi connectivity index (χ0v) is 11.9. The summed E-state index contributed by atoms with van der Waals surface area (Å²) >= 11 is 0. The van der Waals surface area contributed by atoms with E-state index in [0.29, 0.717) is 13.1 Å². The minimum atomic E-state index is -0.627. The Hall–Kier alpha value is -1.34. The molecule has 1 rings (SSSR count). The molecule has 1 heterocycles. The first-order valence-electron chi connectivity index (χ1n) is 6.28. The lowest BCUT2D eigenvalue weighted by Crippen LogP contribution is -2.44. The number of carbonyl (C=O) groups is 1. The molecule has 1 saturated heterocycles. The number of amides is 1. The number of carbonyl (C=O) groups excluding carboxylic acids is 1. The lowest BCUT2D eigenvalue weighted by Gasteiger charge is -2.24. The average Bonchev–Trinajstić information content (AvgIpc) is 2.81. The van der Waals surface area contributed by atoms with Crippen molar-refractivity contribution in [3.63, 3.8) is 0 Å². The van der Waals surface area contributed by atoms with Crippen molar-refractivity contribution in [1.29, 1.82) is 0 Å². The topological polar surface area (TPSA) is 97.4 Å². The lowest BCUT2D eigenvalue weighted by molar-refractivity contribution is -0.134. The summed E-state index contributed by atoms with van der Waals surface area (Å²) in [6.07, 6.45) is -0.289. The van der Waals surface area contributed by atoms with Crippen LogP contribution in [0.15, 0.2) is 5.16 Å². The molecule has 7 nitrogen and oxygen atoms in total. The summed E-state index contributed by atoms with van der Waals surface area (Å²) < 4.78 is 10.6.